The van der Waals surface area contributed by atoms with E-state index in [0.717, 1.165) is 43.4 Å². The van der Waals surface area contributed by atoms with Gasteiger partial charge in [0.15, 0.2) is 0 Å². The lowest BCUT2D eigenvalue weighted by Gasteiger charge is -2.57. The van der Waals surface area contributed by atoms with Crippen LogP contribution in [-0.4, -0.2) is 40.6 Å². The minimum absolute atomic E-state index is 0.0453. The maximum Gasteiger partial charge on any atom is 0.323 e. The van der Waals surface area contributed by atoms with Crippen molar-refractivity contribution in [2.45, 2.75) is 57.4 Å². The predicted molar refractivity (Wildman–Crippen MR) is 78.9 cm³/mol. The summed E-state index contributed by atoms with van der Waals surface area (Å²) in [5.41, 5.74) is -0.0453. The average Bonchev–Trinajstić information content (AvgIpc) is 2.35. The molecule has 4 fully saturated rings. The van der Waals surface area contributed by atoms with Crippen LogP contribution in [0, 0.1) is 17.8 Å². The largest absolute Gasteiger partial charge is 0.480 e. The number of carboxylic acids is 1. The fraction of sp³-hybridized carbons (Fsp3) is 0.875. The van der Waals surface area contributed by atoms with Gasteiger partial charge in [-0.15, -0.1) is 0 Å². The van der Waals surface area contributed by atoms with Crippen molar-refractivity contribution < 1.29 is 14.7 Å². The second kappa shape index (κ2) is 5.50. The van der Waals surface area contributed by atoms with E-state index in [1.54, 1.807) is 0 Å². The first kappa shape index (κ1) is 14.7. The molecule has 118 valence electrons. The monoisotopic (exact) mass is 294 g/mol. The Balaban J connectivity index is 1.67. The van der Waals surface area contributed by atoms with Gasteiger partial charge in [-0.05, 0) is 62.7 Å². The number of hydrogen-bond donors (Lipinski definition) is 2. The molecule has 0 aromatic carbocycles. The molecule has 5 nitrogen and oxygen atoms in total. The predicted octanol–water partition coefficient (Wildman–Crippen LogP) is 2.46. The zero-order valence-corrected chi connectivity index (χ0v) is 12.8. The quantitative estimate of drug-likeness (QED) is 0.818. The fourth-order valence-corrected chi connectivity index (χ4v) is 5.26. The number of aliphatic carboxylic acids is 1. The van der Waals surface area contributed by atoms with Gasteiger partial charge in [0.2, 0.25) is 0 Å². The van der Waals surface area contributed by atoms with Gasteiger partial charge in [-0.3, -0.25) is 4.79 Å². The third-order valence-electron chi connectivity index (χ3n) is 5.52. The molecule has 4 aliphatic rings. The Hall–Kier alpha value is -1.26. The second-order valence-corrected chi connectivity index (χ2v) is 7.44. The summed E-state index contributed by atoms with van der Waals surface area (Å²) in [6.45, 7) is 2.27. The van der Waals surface area contributed by atoms with Gasteiger partial charge in [-0.2, -0.15) is 0 Å². The third kappa shape index (κ3) is 3.01. The molecular formula is C16H26N2O3. The Morgan fingerprint density at radius 3 is 2.10 bits per heavy atom. The Bertz CT molecular complexity index is 400. The van der Waals surface area contributed by atoms with Crippen LogP contribution < -0.4 is 5.32 Å². The van der Waals surface area contributed by atoms with Crippen LogP contribution in [-0.2, 0) is 4.79 Å². The van der Waals surface area contributed by atoms with Gasteiger partial charge in [-0.1, -0.05) is 6.92 Å². The molecule has 0 radical (unpaired) electrons. The Morgan fingerprint density at radius 1 is 1.14 bits per heavy atom. The highest BCUT2D eigenvalue weighted by atomic mass is 16.4. The van der Waals surface area contributed by atoms with Gasteiger partial charge in [0.25, 0.3) is 0 Å². The Morgan fingerprint density at radius 2 is 1.67 bits per heavy atom. The zero-order chi connectivity index (χ0) is 15.0. The molecule has 4 aliphatic carbocycles. The summed E-state index contributed by atoms with van der Waals surface area (Å²) in [6.07, 6.45) is 8.07. The molecular weight excluding hydrogens is 268 g/mol. The van der Waals surface area contributed by atoms with Crippen LogP contribution in [0.3, 0.4) is 0 Å². The Kier molecular flexibility index (Phi) is 3.84. The van der Waals surface area contributed by atoms with Gasteiger partial charge in [0.05, 0.1) is 0 Å². The van der Waals surface area contributed by atoms with Gasteiger partial charge in [0.1, 0.15) is 6.54 Å². The SMILES string of the molecule is CCCN(CC(=O)O)C(=O)NC12CC3CC(CC(C3)C1)C2. The number of nitrogens with zero attached hydrogens (tertiary/aromatic N) is 1. The zero-order valence-electron chi connectivity index (χ0n) is 12.8. The summed E-state index contributed by atoms with van der Waals surface area (Å²) >= 11 is 0. The molecule has 0 heterocycles. The average molecular weight is 294 g/mol. The minimum atomic E-state index is -0.941. The number of rotatable bonds is 5. The van der Waals surface area contributed by atoms with Crippen LogP contribution in [0.4, 0.5) is 4.79 Å². The molecule has 0 atom stereocenters. The van der Waals surface area contributed by atoms with Crippen molar-refractivity contribution in [3.05, 3.63) is 0 Å². The smallest absolute Gasteiger partial charge is 0.323 e. The highest BCUT2D eigenvalue weighted by Crippen LogP contribution is 2.55. The van der Waals surface area contributed by atoms with Gasteiger partial charge >= 0.3 is 12.0 Å². The third-order valence-corrected chi connectivity index (χ3v) is 5.52. The van der Waals surface area contributed by atoms with E-state index in [1.807, 2.05) is 6.92 Å². The molecule has 0 aliphatic heterocycles. The van der Waals surface area contributed by atoms with E-state index >= 15 is 0 Å². The number of carbonyl (C=O) groups excluding carboxylic acids is 1. The summed E-state index contributed by atoms with van der Waals surface area (Å²) in [4.78, 5) is 24.9. The topological polar surface area (TPSA) is 69.6 Å². The first-order valence-corrected chi connectivity index (χ1v) is 8.28. The second-order valence-electron chi connectivity index (χ2n) is 7.44. The van der Waals surface area contributed by atoms with Gasteiger partial charge < -0.3 is 15.3 Å². The van der Waals surface area contributed by atoms with Crippen molar-refractivity contribution in [2.24, 2.45) is 17.8 Å². The minimum Gasteiger partial charge on any atom is -0.480 e. The van der Waals surface area contributed by atoms with Crippen LogP contribution in [0.2, 0.25) is 0 Å². The molecule has 4 bridgehead atoms. The van der Waals surface area contributed by atoms with E-state index < -0.39 is 5.97 Å². The lowest BCUT2D eigenvalue weighted by molar-refractivity contribution is -0.137. The summed E-state index contributed by atoms with van der Waals surface area (Å²) in [6, 6.07) is -0.179. The van der Waals surface area contributed by atoms with Crippen molar-refractivity contribution in [1.29, 1.82) is 0 Å². The van der Waals surface area contributed by atoms with E-state index in [9.17, 15) is 9.59 Å². The molecule has 2 N–H and O–H groups in total. The lowest BCUT2D eigenvalue weighted by atomic mass is 9.53. The molecule has 5 heteroatoms. The molecule has 4 saturated carbocycles. The van der Waals surface area contributed by atoms with Gasteiger partial charge in [-0.25, -0.2) is 4.79 Å². The number of urea groups is 1. The molecule has 2 amide bonds. The molecule has 0 aromatic heterocycles. The van der Waals surface area contributed by atoms with E-state index in [2.05, 4.69) is 5.32 Å². The molecule has 4 rings (SSSR count). The molecule has 0 spiro atoms. The standard InChI is InChI=1S/C16H26N2O3/c1-2-3-18(10-14(19)20)15(21)17-16-7-11-4-12(8-16)6-13(5-11)9-16/h11-13H,2-10H2,1H3,(H,17,21)(H,19,20). The highest BCUT2D eigenvalue weighted by molar-refractivity contribution is 5.80. The van der Waals surface area contributed by atoms with Crippen molar-refractivity contribution >= 4 is 12.0 Å². The molecule has 0 aromatic rings. The molecule has 0 saturated heterocycles. The maximum atomic E-state index is 12.5. The van der Waals surface area contributed by atoms with Crippen LogP contribution >= 0.6 is 0 Å². The van der Waals surface area contributed by atoms with Crippen molar-refractivity contribution in [3.63, 3.8) is 0 Å². The lowest BCUT2D eigenvalue weighted by Crippen LogP contribution is -2.62. The van der Waals surface area contributed by atoms with E-state index in [-0.39, 0.29) is 18.1 Å². The van der Waals surface area contributed by atoms with E-state index in [0.29, 0.717) is 6.54 Å². The maximum absolute atomic E-state index is 12.5. The summed E-state index contributed by atoms with van der Waals surface area (Å²) in [5.74, 6) is 1.38. The van der Waals surface area contributed by atoms with Crippen molar-refractivity contribution in [2.75, 3.05) is 13.1 Å². The highest BCUT2D eigenvalue weighted by Gasteiger charge is 2.51. The van der Waals surface area contributed by atoms with Gasteiger partial charge in [0, 0.05) is 12.1 Å². The van der Waals surface area contributed by atoms with Crippen molar-refractivity contribution in [1.82, 2.24) is 10.2 Å². The van der Waals surface area contributed by atoms with E-state index in [1.165, 1.54) is 24.2 Å². The molecule has 0 unspecified atom stereocenters. The number of amides is 2. The number of carboxylic acid groups (broad SMARTS) is 1. The summed E-state index contributed by atoms with van der Waals surface area (Å²) < 4.78 is 0. The first-order chi connectivity index (χ1) is 9.99. The summed E-state index contributed by atoms with van der Waals surface area (Å²) in [5, 5.41) is 12.2. The number of carbonyl (C=O) groups is 2. The fourth-order valence-electron chi connectivity index (χ4n) is 5.26. The summed E-state index contributed by atoms with van der Waals surface area (Å²) in [7, 11) is 0. The number of nitrogens with one attached hydrogen (secondary N) is 1. The van der Waals surface area contributed by atoms with Crippen LogP contribution in [0.1, 0.15) is 51.9 Å². The van der Waals surface area contributed by atoms with Crippen LogP contribution in [0.25, 0.3) is 0 Å². The first-order valence-electron chi connectivity index (χ1n) is 8.28. The van der Waals surface area contributed by atoms with E-state index in [4.69, 9.17) is 5.11 Å². The Labute approximate surface area is 126 Å². The van der Waals surface area contributed by atoms with Crippen molar-refractivity contribution in [3.8, 4) is 0 Å². The van der Waals surface area contributed by atoms with Crippen LogP contribution in [0.15, 0.2) is 0 Å². The molecule has 21 heavy (non-hydrogen) atoms. The normalized spacial score (nSPS) is 36.5. The number of hydrogen-bond acceptors (Lipinski definition) is 2. The van der Waals surface area contributed by atoms with Crippen LogP contribution in [0.5, 0.6) is 0 Å².